The maximum Gasteiger partial charge on any atom is 0.343 e. The molecule has 3 rings (SSSR count). The van der Waals surface area contributed by atoms with Gasteiger partial charge in [-0.25, -0.2) is 4.79 Å². The molecule has 0 aromatic heterocycles. The van der Waals surface area contributed by atoms with Crippen molar-refractivity contribution in [2.75, 3.05) is 0 Å². The lowest BCUT2D eigenvalue weighted by Gasteiger charge is -2.07. The molecule has 3 aromatic carbocycles. The van der Waals surface area contributed by atoms with Crippen molar-refractivity contribution in [3.05, 3.63) is 83.4 Å². The van der Waals surface area contributed by atoms with Gasteiger partial charge in [0.1, 0.15) is 5.75 Å². The zero-order valence-electron chi connectivity index (χ0n) is 13.7. The van der Waals surface area contributed by atoms with Crippen molar-refractivity contribution in [1.29, 1.82) is 0 Å². The average Bonchev–Trinajstić information content (AvgIpc) is 2.66. The van der Waals surface area contributed by atoms with Gasteiger partial charge in [0.2, 0.25) is 0 Å². The molecule has 0 unspecified atom stereocenters. The van der Waals surface area contributed by atoms with Gasteiger partial charge < -0.3 is 20.1 Å². The monoisotopic (exact) mass is 348 g/mol. The molecule has 0 bridgehead atoms. The smallest absolute Gasteiger partial charge is 0.343 e. The Morgan fingerprint density at radius 1 is 0.769 bits per heavy atom. The molecular weight excluding hydrogens is 332 g/mol. The normalized spacial score (nSPS) is 10.8. The van der Waals surface area contributed by atoms with E-state index in [1.54, 1.807) is 24.3 Å². The van der Waals surface area contributed by atoms with Crippen LogP contribution in [0.3, 0.4) is 0 Å². The maximum absolute atomic E-state index is 12.1. The number of benzene rings is 3. The molecule has 0 spiro atoms. The molecule has 0 heterocycles. The van der Waals surface area contributed by atoms with Gasteiger partial charge in [-0.2, -0.15) is 0 Å². The van der Waals surface area contributed by atoms with Crippen molar-refractivity contribution >= 4 is 18.1 Å². The van der Waals surface area contributed by atoms with Gasteiger partial charge in [0.15, 0.2) is 17.2 Å². The van der Waals surface area contributed by atoms with Gasteiger partial charge in [-0.1, -0.05) is 54.6 Å². The highest BCUT2D eigenvalue weighted by Crippen LogP contribution is 2.35. The summed E-state index contributed by atoms with van der Waals surface area (Å²) in [5.41, 5.74) is 1.94. The Labute approximate surface area is 150 Å². The van der Waals surface area contributed by atoms with E-state index < -0.39 is 23.2 Å². The van der Waals surface area contributed by atoms with Crippen LogP contribution in [0.5, 0.6) is 23.0 Å². The largest absolute Gasteiger partial charge is 0.504 e. The Bertz CT molecular complexity index is 921. The van der Waals surface area contributed by atoms with Gasteiger partial charge in [-0.05, 0) is 35.4 Å². The molecule has 5 nitrogen and oxygen atoms in total. The Morgan fingerprint density at radius 3 is 1.88 bits per heavy atom. The zero-order valence-corrected chi connectivity index (χ0v) is 13.7. The molecule has 5 heteroatoms. The number of carbonyl (C=O) groups is 1. The van der Waals surface area contributed by atoms with Crippen molar-refractivity contribution in [2.45, 2.75) is 0 Å². The highest BCUT2D eigenvalue weighted by Gasteiger charge is 2.15. The highest BCUT2D eigenvalue weighted by atomic mass is 16.5. The second-order valence-electron chi connectivity index (χ2n) is 5.57. The molecule has 0 aliphatic rings. The van der Waals surface area contributed by atoms with Gasteiger partial charge in [-0.15, -0.1) is 0 Å². The summed E-state index contributed by atoms with van der Waals surface area (Å²) < 4.78 is 5.20. The van der Waals surface area contributed by atoms with Crippen molar-refractivity contribution in [2.24, 2.45) is 0 Å². The van der Waals surface area contributed by atoms with Crippen LogP contribution in [-0.2, 0) is 0 Å². The third-order valence-corrected chi connectivity index (χ3v) is 3.66. The lowest BCUT2D eigenvalue weighted by molar-refractivity contribution is 0.0733. The molecule has 3 N–H and O–H groups in total. The molecule has 130 valence electrons. The predicted molar refractivity (Wildman–Crippen MR) is 98.2 cm³/mol. The third kappa shape index (κ3) is 4.02. The van der Waals surface area contributed by atoms with E-state index in [9.17, 15) is 20.1 Å². The number of phenolic OH excluding ortho intramolecular Hbond substituents is 3. The second kappa shape index (κ2) is 7.44. The fraction of sp³-hybridized carbons (Fsp3) is 0. The number of ether oxygens (including phenoxy) is 1. The van der Waals surface area contributed by atoms with Crippen molar-refractivity contribution in [3.63, 3.8) is 0 Å². The molecule has 0 saturated carbocycles. The first-order valence-corrected chi connectivity index (χ1v) is 7.83. The van der Waals surface area contributed by atoms with Crippen molar-refractivity contribution in [1.82, 2.24) is 0 Å². The number of hydrogen-bond donors (Lipinski definition) is 3. The SMILES string of the molecule is O=C(Oc1ccc(/C=C/c2ccccc2)cc1)c1cc(O)c(O)c(O)c1. The van der Waals surface area contributed by atoms with E-state index in [4.69, 9.17) is 4.74 Å². The van der Waals surface area contributed by atoms with Crippen LogP contribution < -0.4 is 4.74 Å². The van der Waals surface area contributed by atoms with Gasteiger partial charge in [0.25, 0.3) is 0 Å². The molecule has 0 amide bonds. The molecular formula is C21H16O5. The van der Waals surface area contributed by atoms with Gasteiger partial charge in [0, 0.05) is 0 Å². The first kappa shape index (κ1) is 17.1. The number of carbonyl (C=O) groups excluding carboxylic acids is 1. The Kier molecular flexibility index (Phi) is 4.90. The summed E-state index contributed by atoms with van der Waals surface area (Å²) in [7, 11) is 0. The van der Waals surface area contributed by atoms with Crippen LogP contribution >= 0.6 is 0 Å². The summed E-state index contributed by atoms with van der Waals surface area (Å²) in [5.74, 6) is -2.32. The Balaban J connectivity index is 1.69. The fourth-order valence-corrected chi connectivity index (χ4v) is 2.29. The van der Waals surface area contributed by atoms with E-state index in [2.05, 4.69) is 0 Å². The van der Waals surface area contributed by atoms with Crippen molar-refractivity contribution in [3.8, 4) is 23.0 Å². The summed E-state index contributed by atoms with van der Waals surface area (Å²) in [4.78, 5) is 12.1. The number of phenols is 3. The lowest BCUT2D eigenvalue weighted by atomic mass is 10.1. The van der Waals surface area contributed by atoms with Crippen LogP contribution in [0.25, 0.3) is 12.2 Å². The summed E-state index contributed by atoms with van der Waals surface area (Å²) in [6.07, 6.45) is 3.92. The third-order valence-electron chi connectivity index (χ3n) is 3.66. The minimum Gasteiger partial charge on any atom is -0.504 e. The highest BCUT2D eigenvalue weighted by molar-refractivity contribution is 5.92. The minimum absolute atomic E-state index is 0.0779. The average molecular weight is 348 g/mol. The van der Waals surface area contributed by atoms with Crippen molar-refractivity contribution < 1.29 is 24.9 Å². The molecule has 3 aromatic rings. The lowest BCUT2D eigenvalue weighted by Crippen LogP contribution is -2.08. The first-order valence-electron chi connectivity index (χ1n) is 7.83. The summed E-state index contributed by atoms with van der Waals surface area (Å²) in [6, 6.07) is 18.8. The summed E-state index contributed by atoms with van der Waals surface area (Å²) in [6.45, 7) is 0. The Hall–Kier alpha value is -3.73. The number of esters is 1. The van der Waals surface area contributed by atoms with Gasteiger partial charge >= 0.3 is 5.97 Å². The molecule has 0 saturated heterocycles. The minimum atomic E-state index is -0.761. The predicted octanol–water partition coefficient (Wildman–Crippen LogP) is 4.19. The van der Waals surface area contributed by atoms with E-state index in [-0.39, 0.29) is 5.56 Å². The molecule has 0 aliphatic heterocycles. The number of aromatic hydroxyl groups is 3. The topological polar surface area (TPSA) is 87.0 Å². The maximum atomic E-state index is 12.1. The number of rotatable bonds is 4. The molecule has 26 heavy (non-hydrogen) atoms. The summed E-state index contributed by atoms with van der Waals surface area (Å²) >= 11 is 0. The van der Waals surface area contributed by atoms with E-state index >= 15 is 0 Å². The molecule has 0 radical (unpaired) electrons. The number of hydrogen-bond acceptors (Lipinski definition) is 5. The summed E-state index contributed by atoms with van der Waals surface area (Å²) in [5, 5.41) is 28.2. The first-order chi connectivity index (χ1) is 12.5. The van der Waals surface area contributed by atoms with Crippen LogP contribution in [-0.4, -0.2) is 21.3 Å². The van der Waals surface area contributed by atoms with E-state index in [0.29, 0.717) is 5.75 Å². The quantitative estimate of drug-likeness (QED) is 0.285. The molecule has 0 aliphatic carbocycles. The van der Waals surface area contributed by atoms with E-state index in [1.807, 2.05) is 42.5 Å². The van der Waals surface area contributed by atoms with E-state index in [0.717, 1.165) is 23.3 Å². The van der Waals surface area contributed by atoms with Gasteiger partial charge in [0.05, 0.1) is 5.56 Å². The van der Waals surface area contributed by atoms with Crippen LogP contribution in [0.1, 0.15) is 21.5 Å². The van der Waals surface area contributed by atoms with Gasteiger partial charge in [-0.3, -0.25) is 0 Å². The second-order valence-corrected chi connectivity index (χ2v) is 5.57. The van der Waals surface area contributed by atoms with Crippen LogP contribution in [0, 0.1) is 0 Å². The van der Waals surface area contributed by atoms with Crippen LogP contribution in [0.15, 0.2) is 66.7 Å². The molecule has 0 atom stereocenters. The fourth-order valence-electron chi connectivity index (χ4n) is 2.29. The van der Waals surface area contributed by atoms with E-state index in [1.165, 1.54) is 0 Å². The molecule has 0 fully saturated rings. The Morgan fingerprint density at radius 2 is 1.31 bits per heavy atom. The standard InChI is InChI=1S/C21H16O5/c22-18-12-16(13-19(23)20(18)24)21(25)26-17-10-8-15(9-11-17)7-6-14-4-2-1-3-5-14/h1-13,22-24H/b7-6+. The zero-order chi connectivity index (χ0) is 18.5. The van der Waals surface area contributed by atoms with Crippen LogP contribution in [0.4, 0.5) is 0 Å². The van der Waals surface area contributed by atoms with Crippen LogP contribution in [0.2, 0.25) is 0 Å².